The number of nitrogens with zero attached hydrogens (tertiary/aromatic N) is 2. The molecule has 0 saturated carbocycles. The molecule has 2 aromatic heterocycles. The maximum atomic E-state index is 6.38. The topological polar surface area (TPSA) is 33.7 Å². The van der Waals surface area contributed by atoms with Gasteiger partial charge in [0.1, 0.15) is 11.3 Å². The van der Waals surface area contributed by atoms with Crippen LogP contribution in [0.3, 0.4) is 0 Å². The summed E-state index contributed by atoms with van der Waals surface area (Å²) in [4.78, 5) is 8.15. The molecule has 4 nitrogen and oxygen atoms in total. The van der Waals surface area contributed by atoms with E-state index in [9.17, 15) is 0 Å². The highest BCUT2D eigenvalue weighted by Gasteiger charge is 2.39. The zero-order valence-electron chi connectivity index (χ0n) is 15.9. The average molecular weight is 471 g/mol. The normalized spacial score (nSPS) is 18.7. The Morgan fingerprint density at radius 2 is 1.85 bits per heavy atom. The lowest BCUT2D eigenvalue weighted by molar-refractivity contribution is -0.779. The van der Waals surface area contributed by atoms with Crippen LogP contribution in [-0.4, -0.2) is 18.2 Å². The van der Waals surface area contributed by atoms with Gasteiger partial charge in [-0.1, -0.05) is 18.2 Å². The molecule has 2 unspecified atom stereocenters. The number of furan rings is 1. The molecule has 0 aliphatic carbocycles. The molecule has 138 valence electrons. The molecule has 5 heteroatoms. The molecular formula is C22H22IN3O. The van der Waals surface area contributed by atoms with Crippen molar-refractivity contribution in [2.45, 2.75) is 26.9 Å². The number of halogens is 1. The molecule has 0 radical (unpaired) electrons. The lowest BCUT2D eigenvalue weighted by Gasteiger charge is -2.23. The number of aryl methyl sites for hydroxylation is 2. The number of aromatic nitrogens is 1. The quantitative estimate of drug-likeness (QED) is 0.425. The van der Waals surface area contributed by atoms with Crippen LogP contribution in [0.1, 0.15) is 18.2 Å². The van der Waals surface area contributed by atoms with E-state index in [1.807, 2.05) is 19.2 Å². The van der Waals surface area contributed by atoms with Crippen LogP contribution in [0.2, 0.25) is 0 Å². The number of rotatable bonds is 1. The van der Waals surface area contributed by atoms with Gasteiger partial charge in [0.25, 0.3) is 0 Å². The van der Waals surface area contributed by atoms with E-state index in [2.05, 4.69) is 67.2 Å². The molecule has 1 N–H and O–H groups in total. The molecule has 4 aromatic rings. The van der Waals surface area contributed by atoms with Gasteiger partial charge < -0.3 is 33.3 Å². The van der Waals surface area contributed by atoms with Crippen molar-refractivity contribution in [3.63, 3.8) is 0 Å². The standard InChI is InChI=1S/C22H21N3O.HI/c1-13-9-10-16-17-12-23-14(2)11-20(17)26-22(16)21(13)25-15(3)24(4)18-7-5-6-8-19(18)25;/h5-12,15H,1-4H3;1H. The average Bonchev–Trinajstić information content (AvgIpc) is 3.11. The first kappa shape index (κ1) is 18.3. The zero-order chi connectivity index (χ0) is 18.0. The Labute approximate surface area is 175 Å². The Morgan fingerprint density at radius 1 is 1.07 bits per heavy atom. The Kier molecular flexibility index (Phi) is 4.39. The highest BCUT2D eigenvalue weighted by Crippen LogP contribution is 2.37. The van der Waals surface area contributed by atoms with Gasteiger partial charge in [-0.2, -0.15) is 0 Å². The summed E-state index contributed by atoms with van der Waals surface area (Å²) in [6.07, 6.45) is 2.23. The number of nitrogens with one attached hydrogen (secondary N) is 1. The fourth-order valence-electron chi connectivity index (χ4n) is 4.25. The Balaban J connectivity index is 0.00000180. The van der Waals surface area contributed by atoms with Crippen LogP contribution in [0.15, 0.2) is 53.1 Å². The molecular weight excluding hydrogens is 449 g/mol. The van der Waals surface area contributed by atoms with Crippen molar-refractivity contribution in [2.75, 3.05) is 11.9 Å². The van der Waals surface area contributed by atoms with Gasteiger partial charge in [0.2, 0.25) is 0 Å². The minimum Gasteiger partial charge on any atom is -1.00 e. The SMILES string of the molecule is Cc1cc2oc3c([NH+]4c5ccccc5N(C)C4C)c(C)ccc3c2cn1.[I-]. The molecule has 0 amide bonds. The molecule has 0 fully saturated rings. The monoisotopic (exact) mass is 471 g/mol. The first-order valence-corrected chi connectivity index (χ1v) is 9.04. The van der Waals surface area contributed by atoms with Gasteiger partial charge in [0.05, 0.1) is 0 Å². The van der Waals surface area contributed by atoms with Gasteiger partial charge in [-0.15, -0.1) is 0 Å². The van der Waals surface area contributed by atoms with Crippen molar-refractivity contribution in [3.8, 4) is 0 Å². The van der Waals surface area contributed by atoms with Gasteiger partial charge >= 0.3 is 0 Å². The third kappa shape index (κ3) is 2.56. The fourth-order valence-corrected chi connectivity index (χ4v) is 4.25. The highest BCUT2D eigenvalue weighted by molar-refractivity contribution is 6.08. The summed E-state index contributed by atoms with van der Waals surface area (Å²) in [5, 5.41) is 2.22. The molecule has 27 heavy (non-hydrogen) atoms. The summed E-state index contributed by atoms with van der Waals surface area (Å²) in [7, 11) is 2.16. The lowest BCUT2D eigenvalue weighted by atomic mass is 10.1. The number of para-hydroxylation sites is 2. The highest BCUT2D eigenvalue weighted by atomic mass is 127. The smallest absolute Gasteiger partial charge is 0.196 e. The summed E-state index contributed by atoms with van der Waals surface area (Å²) < 4.78 is 6.38. The predicted molar refractivity (Wildman–Crippen MR) is 106 cm³/mol. The van der Waals surface area contributed by atoms with Crippen molar-refractivity contribution in [3.05, 3.63) is 59.9 Å². The summed E-state index contributed by atoms with van der Waals surface area (Å²) in [5.74, 6) is 0. The Hall–Kier alpha value is -2.12. The van der Waals surface area contributed by atoms with E-state index in [0.29, 0.717) is 6.17 Å². The van der Waals surface area contributed by atoms with Crippen molar-refractivity contribution < 1.29 is 33.3 Å². The molecule has 0 spiro atoms. The fraction of sp³-hybridized carbons (Fsp3) is 0.227. The van der Waals surface area contributed by atoms with Crippen molar-refractivity contribution in [1.82, 2.24) is 4.98 Å². The van der Waals surface area contributed by atoms with E-state index < -0.39 is 0 Å². The van der Waals surface area contributed by atoms with E-state index in [4.69, 9.17) is 4.42 Å². The summed E-state index contributed by atoms with van der Waals surface area (Å²) in [5.41, 5.74) is 7.90. The lowest BCUT2D eigenvalue weighted by Crippen LogP contribution is -3.06. The van der Waals surface area contributed by atoms with E-state index in [-0.39, 0.29) is 24.0 Å². The second-order valence-electron chi connectivity index (χ2n) is 7.28. The second kappa shape index (κ2) is 6.49. The van der Waals surface area contributed by atoms with Crippen LogP contribution in [0.4, 0.5) is 17.1 Å². The van der Waals surface area contributed by atoms with Crippen molar-refractivity contribution in [2.24, 2.45) is 0 Å². The Bertz CT molecular complexity index is 1170. The van der Waals surface area contributed by atoms with Crippen LogP contribution in [-0.2, 0) is 0 Å². The van der Waals surface area contributed by atoms with Gasteiger partial charge in [0, 0.05) is 54.3 Å². The van der Waals surface area contributed by atoms with Gasteiger partial charge in [-0.25, -0.2) is 4.90 Å². The van der Waals surface area contributed by atoms with E-state index >= 15 is 0 Å². The van der Waals surface area contributed by atoms with Crippen molar-refractivity contribution in [1.29, 1.82) is 0 Å². The molecule has 0 saturated heterocycles. The summed E-state index contributed by atoms with van der Waals surface area (Å²) >= 11 is 0. The second-order valence-corrected chi connectivity index (χ2v) is 7.28. The van der Waals surface area contributed by atoms with Gasteiger partial charge in [-0.05, 0) is 26.0 Å². The van der Waals surface area contributed by atoms with E-state index in [1.54, 1.807) is 0 Å². The third-order valence-electron chi connectivity index (χ3n) is 5.71. The van der Waals surface area contributed by atoms with Crippen LogP contribution in [0, 0.1) is 13.8 Å². The number of anilines is 1. The van der Waals surface area contributed by atoms with E-state index in [0.717, 1.165) is 27.6 Å². The summed E-state index contributed by atoms with van der Waals surface area (Å²) in [6, 6.07) is 15.0. The third-order valence-corrected chi connectivity index (χ3v) is 5.71. The molecule has 1 aliphatic rings. The first-order valence-electron chi connectivity index (χ1n) is 9.04. The molecule has 1 aliphatic heterocycles. The van der Waals surface area contributed by atoms with E-state index in [1.165, 1.54) is 27.5 Å². The zero-order valence-corrected chi connectivity index (χ0v) is 18.0. The van der Waals surface area contributed by atoms with Crippen LogP contribution >= 0.6 is 0 Å². The number of benzene rings is 2. The first-order chi connectivity index (χ1) is 12.6. The van der Waals surface area contributed by atoms with Crippen LogP contribution in [0.5, 0.6) is 0 Å². The van der Waals surface area contributed by atoms with Crippen molar-refractivity contribution >= 4 is 39.0 Å². The summed E-state index contributed by atoms with van der Waals surface area (Å²) in [6.45, 7) is 6.44. The number of quaternary nitrogens is 1. The Morgan fingerprint density at radius 3 is 2.67 bits per heavy atom. The minimum atomic E-state index is 0. The van der Waals surface area contributed by atoms with Crippen LogP contribution in [0.25, 0.3) is 21.9 Å². The number of hydrogen-bond donors (Lipinski definition) is 1. The van der Waals surface area contributed by atoms with Crippen LogP contribution < -0.4 is 33.8 Å². The maximum Gasteiger partial charge on any atom is 0.196 e. The number of pyridine rings is 1. The maximum absolute atomic E-state index is 6.38. The number of fused-ring (bicyclic) bond motifs is 4. The van der Waals surface area contributed by atoms with Gasteiger partial charge in [-0.3, -0.25) is 4.98 Å². The molecule has 2 aromatic carbocycles. The largest absolute Gasteiger partial charge is 1.00 e. The molecule has 2 atom stereocenters. The minimum absolute atomic E-state index is 0. The molecule has 3 heterocycles. The van der Waals surface area contributed by atoms with Gasteiger partial charge in [0.15, 0.2) is 23.1 Å². The molecule has 0 bridgehead atoms. The molecule has 5 rings (SSSR count). The predicted octanol–water partition coefficient (Wildman–Crippen LogP) is 1.25. The number of hydrogen-bond acceptors (Lipinski definition) is 3.